The van der Waals surface area contributed by atoms with Crippen LogP contribution in [0.4, 0.5) is 6.01 Å². The number of hydrogen-bond acceptors (Lipinski definition) is 7. The average Bonchev–Trinajstić information content (AvgIpc) is 3.34. The van der Waals surface area contributed by atoms with Crippen LogP contribution in [0.15, 0.2) is 33.3 Å². The molecule has 1 unspecified atom stereocenters. The second-order valence-corrected chi connectivity index (χ2v) is 7.37. The van der Waals surface area contributed by atoms with Crippen molar-refractivity contribution < 1.29 is 13.7 Å². The van der Waals surface area contributed by atoms with Gasteiger partial charge in [0.15, 0.2) is 11.3 Å². The molecule has 3 aromatic heterocycles. The lowest BCUT2D eigenvalue weighted by Crippen LogP contribution is -2.38. The van der Waals surface area contributed by atoms with E-state index in [9.17, 15) is 4.79 Å². The number of oxazole rings is 1. The number of carbonyl (C=O) groups is 1. The van der Waals surface area contributed by atoms with Gasteiger partial charge in [-0.15, -0.1) is 0 Å². The Labute approximate surface area is 163 Å². The molecule has 0 saturated carbocycles. The molecule has 1 aliphatic rings. The highest BCUT2D eigenvalue weighted by molar-refractivity contribution is 5.76. The van der Waals surface area contributed by atoms with E-state index in [1.165, 1.54) is 0 Å². The van der Waals surface area contributed by atoms with Crippen LogP contribution in [0.5, 0.6) is 0 Å². The summed E-state index contributed by atoms with van der Waals surface area (Å²) in [6.07, 6.45) is 5.07. The van der Waals surface area contributed by atoms with Gasteiger partial charge in [-0.2, -0.15) is 4.98 Å². The summed E-state index contributed by atoms with van der Waals surface area (Å²) in [5.74, 6) is 1.10. The zero-order chi connectivity index (χ0) is 19.5. The number of hydrogen-bond donors (Lipinski definition) is 0. The maximum atomic E-state index is 12.7. The third-order valence-electron chi connectivity index (χ3n) is 5.20. The summed E-state index contributed by atoms with van der Waals surface area (Å²) >= 11 is 0. The first-order valence-corrected chi connectivity index (χ1v) is 9.77. The molecule has 0 bridgehead atoms. The van der Waals surface area contributed by atoms with E-state index < -0.39 is 0 Å². The van der Waals surface area contributed by atoms with Gasteiger partial charge in [0.25, 0.3) is 6.01 Å². The van der Waals surface area contributed by atoms with E-state index in [0.717, 1.165) is 43.8 Å². The fourth-order valence-electron chi connectivity index (χ4n) is 3.62. The van der Waals surface area contributed by atoms with Gasteiger partial charge in [-0.05, 0) is 37.3 Å². The SMILES string of the molecule is CCc1cc(CN(C)C(=O)CC2CCCN(c3nc4ncccc4o3)C2)on1. The van der Waals surface area contributed by atoms with Gasteiger partial charge in [0.05, 0.1) is 12.2 Å². The van der Waals surface area contributed by atoms with Crippen LogP contribution >= 0.6 is 0 Å². The van der Waals surface area contributed by atoms with Crippen LogP contribution in [0, 0.1) is 5.92 Å². The van der Waals surface area contributed by atoms with Gasteiger partial charge < -0.3 is 18.7 Å². The first-order valence-electron chi connectivity index (χ1n) is 9.77. The second-order valence-electron chi connectivity index (χ2n) is 7.37. The first-order chi connectivity index (χ1) is 13.6. The molecule has 1 amide bonds. The van der Waals surface area contributed by atoms with E-state index in [1.807, 2.05) is 32.2 Å². The Morgan fingerprint density at radius 2 is 2.32 bits per heavy atom. The number of anilines is 1. The topological polar surface area (TPSA) is 88.5 Å². The Morgan fingerprint density at radius 3 is 3.11 bits per heavy atom. The minimum atomic E-state index is 0.112. The molecule has 3 aromatic rings. The van der Waals surface area contributed by atoms with Crippen molar-refractivity contribution in [2.75, 3.05) is 25.0 Å². The highest BCUT2D eigenvalue weighted by Crippen LogP contribution is 2.27. The summed E-state index contributed by atoms with van der Waals surface area (Å²) < 4.78 is 11.1. The maximum absolute atomic E-state index is 12.7. The normalized spacial score (nSPS) is 17.2. The number of aryl methyl sites for hydroxylation is 1. The van der Waals surface area contributed by atoms with Crippen LogP contribution in [-0.2, 0) is 17.8 Å². The second kappa shape index (κ2) is 8.00. The molecule has 4 rings (SSSR count). The number of pyridine rings is 1. The summed E-state index contributed by atoms with van der Waals surface area (Å²) in [5, 5.41) is 3.98. The number of carbonyl (C=O) groups excluding carboxylic acids is 1. The molecule has 1 saturated heterocycles. The molecule has 1 fully saturated rings. The quantitative estimate of drug-likeness (QED) is 0.646. The molecule has 1 atom stereocenters. The van der Waals surface area contributed by atoms with E-state index in [1.54, 1.807) is 11.1 Å². The molecule has 148 valence electrons. The number of aromatic nitrogens is 3. The van der Waals surface area contributed by atoms with E-state index in [0.29, 0.717) is 30.2 Å². The van der Waals surface area contributed by atoms with Gasteiger partial charge in [0.1, 0.15) is 0 Å². The number of rotatable bonds is 6. The highest BCUT2D eigenvalue weighted by atomic mass is 16.5. The molecule has 0 aromatic carbocycles. The van der Waals surface area contributed by atoms with Gasteiger partial charge in [-0.3, -0.25) is 4.79 Å². The lowest BCUT2D eigenvalue weighted by molar-refractivity contribution is -0.131. The van der Waals surface area contributed by atoms with Crippen molar-refractivity contribution in [2.45, 2.75) is 39.2 Å². The van der Waals surface area contributed by atoms with Crippen molar-refractivity contribution in [3.8, 4) is 0 Å². The van der Waals surface area contributed by atoms with Crippen LogP contribution in [0.3, 0.4) is 0 Å². The molecule has 0 N–H and O–H groups in total. The minimum absolute atomic E-state index is 0.112. The highest BCUT2D eigenvalue weighted by Gasteiger charge is 2.26. The van der Waals surface area contributed by atoms with Gasteiger partial charge in [-0.1, -0.05) is 12.1 Å². The van der Waals surface area contributed by atoms with Crippen LogP contribution in [0.2, 0.25) is 0 Å². The van der Waals surface area contributed by atoms with Crippen molar-refractivity contribution in [2.24, 2.45) is 5.92 Å². The number of amides is 1. The summed E-state index contributed by atoms with van der Waals surface area (Å²) in [6.45, 7) is 4.11. The maximum Gasteiger partial charge on any atom is 0.299 e. The Hall–Kier alpha value is -2.90. The molecule has 0 spiro atoms. The third kappa shape index (κ3) is 4.00. The standard InChI is InChI=1S/C20H25N5O3/c1-3-15-11-16(28-23-15)13-24(2)18(26)10-14-6-5-9-25(12-14)20-22-19-17(27-20)7-4-8-21-19/h4,7-8,11,14H,3,5-6,9-10,12-13H2,1-2H3. The fourth-order valence-corrected chi connectivity index (χ4v) is 3.62. The van der Waals surface area contributed by atoms with Crippen LogP contribution in [-0.4, -0.2) is 46.1 Å². The fraction of sp³-hybridized carbons (Fsp3) is 0.500. The molecular weight excluding hydrogens is 358 g/mol. The number of fused-ring (bicyclic) bond motifs is 1. The molecular formula is C20H25N5O3. The molecule has 0 aliphatic carbocycles. The lowest BCUT2D eigenvalue weighted by atomic mass is 9.94. The minimum Gasteiger partial charge on any atom is -0.422 e. The molecule has 8 nitrogen and oxygen atoms in total. The Balaban J connectivity index is 1.35. The molecule has 28 heavy (non-hydrogen) atoms. The zero-order valence-corrected chi connectivity index (χ0v) is 16.3. The van der Waals surface area contributed by atoms with Gasteiger partial charge >= 0.3 is 0 Å². The largest absolute Gasteiger partial charge is 0.422 e. The molecule has 0 radical (unpaired) electrons. The van der Waals surface area contributed by atoms with Gasteiger partial charge in [-0.25, -0.2) is 4.98 Å². The Morgan fingerprint density at radius 1 is 1.43 bits per heavy atom. The smallest absolute Gasteiger partial charge is 0.299 e. The molecule has 8 heteroatoms. The molecule has 1 aliphatic heterocycles. The lowest BCUT2D eigenvalue weighted by Gasteiger charge is -2.32. The van der Waals surface area contributed by atoms with Crippen LogP contribution < -0.4 is 4.90 Å². The van der Waals surface area contributed by atoms with E-state index >= 15 is 0 Å². The monoisotopic (exact) mass is 383 g/mol. The van der Waals surface area contributed by atoms with Crippen molar-refractivity contribution in [1.29, 1.82) is 0 Å². The summed E-state index contributed by atoms with van der Waals surface area (Å²) in [6, 6.07) is 6.20. The number of piperidine rings is 1. The summed E-state index contributed by atoms with van der Waals surface area (Å²) in [5.41, 5.74) is 2.22. The van der Waals surface area contributed by atoms with Crippen molar-refractivity contribution in [3.05, 3.63) is 35.9 Å². The van der Waals surface area contributed by atoms with Crippen molar-refractivity contribution in [1.82, 2.24) is 20.0 Å². The predicted molar refractivity (Wildman–Crippen MR) is 104 cm³/mol. The van der Waals surface area contributed by atoms with E-state index in [-0.39, 0.29) is 11.8 Å². The van der Waals surface area contributed by atoms with Crippen LogP contribution in [0.25, 0.3) is 11.2 Å². The summed E-state index contributed by atoms with van der Waals surface area (Å²) in [7, 11) is 1.81. The van der Waals surface area contributed by atoms with Crippen molar-refractivity contribution in [3.63, 3.8) is 0 Å². The van der Waals surface area contributed by atoms with Gasteiger partial charge in [0, 0.05) is 38.8 Å². The molecule has 4 heterocycles. The first kappa shape index (κ1) is 18.5. The third-order valence-corrected chi connectivity index (χ3v) is 5.20. The van der Waals surface area contributed by atoms with E-state index in [4.69, 9.17) is 8.94 Å². The zero-order valence-electron chi connectivity index (χ0n) is 16.3. The predicted octanol–water partition coefficient (Wildman–Crippen LogP) is 3.04. The van der Waals surface area contributed by atoms with Crippen LogP contribution in [0.1, 0.15) is 37.6 Å². The van der Waals surface area contributed by atoms with E-state index in [2.05, 4.69) is 20.0 Å². The Kier molecular flexibility index (Phi) is 5.27. The number of nitrogens with zero attached hydrogens (tertiary/aromatic N) is 5. The average molecular weight is 383 g/mol. The van der Waals surface area contributed by atoms with Gasteiger partial charge in [0.2, 0.25) is 11.6 Å². The van der Waals surface area contributed by atoms with Crippen molar-refractivity contribution >= 4 is 23.2 Å². The Bertz CT molecular complexity index is 917. The summed E-state index contributed by atoms with van der Waals surface area (Å²) in [4.78, 5) is 25.2.